The molecule has 0 amide bonds. The fraction of sp³-hybridized carbons (Fsp3) is 0.154. The van der Waals surface area contributed by atoms with Crippen LogP contribution in [0, 0.1) is 19.9 Å². The number of benzene rings is 1. The van der Waals surface area contributed by atoms with Crippen molar-refractivity contribution in [2.24, 2.45) is 0 Å². The van der Waals surface area contributed by atoms with Gasteiger partial charge >= 0.3 is 38.7 Å². The largest absolute Gasteiger partial charge is 3.00 e. The molecule has 0 atom stereocenters. The third-order valence-electron chi connectivity index (χ3n) is 2.60. The molecule has 1 aromatic carbocycles. The van der Waals surface area contributed by atoms with Crippen LogP contribution in [0.2, 0.25) is 0 Å². The first-order chi connectivity index (χ1) is 8.49. The van der Waals surface area contributed by atoms with Gasteiger partial charge in [0.1, 0.15) is 5.56 Å². The maximum absolute atomic E-state index is 11.3. The molecule has 19 heavy (non-hydrogen) atoms. The number of carboxylic acid groups (broad SMARTS) is 1. The van der Waals surface area contributed by atoms with E-state index in [9.17, 15) is 9.59 Å². The van der Waals surface area contributed by atoms with Gasteiger partial charge in [-0.15, -0.1) is 5.56 Å². The van der Waals surface area contributed by atoms with E-state index in [1.165, 1.54) is 6.07 Å². The molecule has 1 heterocycles. The van der Waals surface area contributed by atoms with Crippen molar-refractivity contribution < 1.29 is 42.6 Å². The van der Waals surface area contributed by atoms with Crippen LogP contribution in [-0.2, 0) is 32.7 Å². The minimum absolute atomic E-state index is 0. The predicted molar refractivity (Wildman–Crippen MR) is 65.6 cm³/mol. The Morgan fingerprint density at radius 3 is 2.63 bits per heavy atom. The first-order valence-corrected chi connectivity index (χ1v) is 5.32. The van der Waals surface area contributed by atoms with Crippen LogP contribution in [0.1, 0.15) is 21.5 Å². The molecule has 0 bridgehead atoms. The van der Waals surface area contributed by atoms with Gasteiger partial charge in [-0.05, 0) is 6.07 Å². The molecular weight excluding hydrogens is 321 g/mol. The van der Waals surface area contributed by atoms with E-state index in [1.54, 1.807) is 0 Å². The topological polar surface area (TPSA) is 83.0 Å². The summed E-state index contributed by atoms with van der Waals surface area (Å²) in [6.07, 6.45) is 0. The zero-order valence-corrected chi connectivity index (χ0v) is 13.4. The summed E-state index contributed by atoms with van der Waals surface area (Å²) in [5.74, 6) is -1.27. The molecule has 0 radical (unpaired) electrons. The molecule has 0 saturated heterocycles. The van der Waals surface area contributed by atoms with Gasteiger partial charge in [0.15, 0.2) is 0 Å². The van der Waals surface area contributed by atoms with Crippen molar-refractivity contribution in [3.8, 4) is 11.3 Å². The Hall–Kier alpha value is -1.33. The van der Waals surface area contributed by atoms with Crippen LogP contribution in [0.3, 0.4) is 0 Å². The number of aromatic amines is 1. The molecule has 0 fully saturated rings. The van der Waals surface area contributed by atoms with Gasteiger partial charge in [-0.25, -0.2) is 9.89 Å². The maximum atomic E-state index is 11.3. The van der Waals surface area contributed by atoms with E-state index in [-0.39, 0.29) is 38.3 Å². The van der Waals surface area contributed by atoms with Crippen LogP contribution in [0.5, 0.6) is 0 Å². The van der Waals surface area contributed by atoms with Crippen LogP contribution in [0.25, 0.3) is 11.3 Å². The zero-order chi connectivity index (χ0) is 13.3. The number of aromatic carboxylic acids is 1. The standard InChI is InChI=1S/C13H11N2O3.Y/c1-7-3-4-9(8(2)5-7)11-6-10(13(17)18)12(16)15-14-11;/h3-4,6H,1-2H3,(H,15,16)(H,17,18);/q-1;+3. The molecule has 0 spiro atoms. The van der Waals surface area contributed by atoms with Crippen molar-refractivity contribution in [1.82, 2.24) is 10.2 Å². The fourth-order valence-electron chi connectivity index (χ4n) is 1.72. The summed E-state index contributed by atoms with van der Waals surface area (Å²) in [7, 11) is 0. The molecule has 5 nitrogen and oxygen atoms in total. The Kier molecular flexibility index (Phi) is 5.15. The number of aromatic nitrogens is 2. The Morgan fingerprint density at radius 2 is 2.05 bits per heavy atom. The molecular formula is C13H11N2O3Y+2. The van der Waals surface area contributed by atoms with E-state index in [0.29, 0.717) is 5.69 Å². The van der Waals surface area contributed by atoms with Crippen molar-refractivity contribution >= 4 is 5.97 Å². The number of hydrogen-bond donors (Lipinski definition) is 2. The van der Waals surface area contributed by atoms with E-state index in [0.717, 1.165) is 16.7 Å². The Balaban J connectivity index is 0.00000180. The predicted octanol–water partition coefficient (Wildman–Crippen LogP) is 1.55. The Morgan fingerprint density at radius 1 is 1.37 bits per heavy atom. The number of aryl methyl sites for hydroxylation is 2. The van der Waals surface area contributed by atoms with Crippen molar-refractivity contribution in [2.45, 2.75) is 13.8 Å². The second-order valence-electron chi connectivity index (χ2n) is 3.98. The Labute approximate surface area is 134 Å². The van der Waals surface area contributed by atoms with Gasteiger partial charge in [-0.1, -0.05) is 13.8 Å². The number of carboxylic acids is 1. The third-order valence-corrected chi connectivity index (χ3v) is 2.60. The van der Waals surface area contributed by atoms with Crippen LogP contribution in [0.15, 0.2) is 23.0 Å². The summed E-state index contributed by atoms with van der Waals surface area (Å²) in [4.78, 5) is 22.2. The zero-order valence-electron chi connectivity index (χ0n) is 10.5. The van der Waals surface area contributed by atoms with E-state index >= 15 is 0 Å². The van der Waals surface area contributed by atoms with Gasteiger partial charge < -0.3 is 5.11 Å². The molecule has 0 aliphatic heterocycles. The average molecular weight is 332 g/mol. The maximum Gasteiger partial charge on any atom is 3.00 e. The molecule has 92 valence electrons. The fourth-order valence-corrected chi connectivity index (χ4v) is 1.72. The van der Waals surface area contributed by atoms with Gasteiger partial charge in [0.05, 0.1) is 0 Å². The van der Waals surface area contributed by atoms with Crippen LogP contribution < -0.4 is 5.56 Å². The molecule has 0 saturated carbocycles. The van der Waals surface area contributed by atoms with Gasteiger partial charge in [-0.2, -0.15) is 34.4 Å². The molecule has 2 aromatic rings. The van der Waals surface area contributed by atoms with Crippen molar-refractivity contribution in [3.63, 3.8) is 0 Å². The van der Waals surface area contributed by atoms with Crippen LogP contribution in [0.4, 0.5) is 0 Å². The van der Waals surface area contributed by atoms with Crippen LogP contribution >= 0.6 is 0 Å². The second-order valence-corrected chi connectivity index (χ2v) is 3.98. The van der Waals surface area contributed by atoms with Gasteiger partial charge in [0.2, 0.25) is 0 Å². The summed E-state index contributed by atoms with van der Waals surface area (Å²) in [5, 5.41) is 14.9. The molecule has 0 unspecified atom stereocenters. The number of carbonyl (C=O) groups is 1. The summed E-state index contributed by atoms with van der Waals surface area (Å²) in [6, 6.07) is 8.08. The molecule has 2 rings (SSSR count). The van der Waals surface area contributed by atoms with Gasteiger partial charge in [0.25, 0.3) is 5.56 Å². The monoisotopic (exact) mass is 332 g/mol. The average Bonchev–Trinajstić information content (AvgIpc) is 2.30. The summed E-state index contributed by atoms with van der Waals surface area (Å²) in [6.45, 7) is 3.77. The quantitative estimate of drug-likeness (QED) is 0.818. The summed E-state index contributed by atoms with van der Waals surface area (Å²) in [5.41, 5.74) is 1.98. The number of nitrogens with one attached hydrogen (secondary N) is 1. The minimum atomic E-state index is -1.27. The van der Waals surface area contributed by atoms with E-state index in [1.807, 2.05) is 26.0 Å². The van der Waals surface area contributed by atoms with Crippen molar-refractivity contribution in [3.05, 3.63) is 51.3 Å². The Bertz CT molecular complexity index is 680. The summed E-state index contributed by atoms with van der Waals surface area (Å²) >= 11 is 0. The third kappa shape index (κ3) is 3.36. The van der Waals surface area contributed by atoms with Crippen molar-refractivity contribution in [2.75, 3.05) is 0 Å². The normalized spacial score (nSPS) is 9.79. The van der Waals surface area contributed by atoms with E-state index in [4.69, 9.17) is 5.11 Å². The first kappa shape index (κ1) is 15.7. The SMILES string of the molecule is Cc1[c-]c(C)c(-c2cc(C(=O)O)c(=O)[nH]n2)cc1.[Y+3]. The number of H-pyrrole nitrogens is 1. The minimum Gasteiger partial charge on any atom is -0.477 e. The smallest absolute Gasteiger partial charge is 0.477 e. The van der Waals surface area contributed by atoms with Crippen LogP contribution in [-0.4, -0.2) is 21.3 Å². The number of hydrogen-bond acceptors (Lipinski definition) is 3. The van der Waals surface area contributed by atoms with Crippen molar-refractivity contribution in [1.29, 1.82) is 0 Å². The molecule has 0 aliphatic rings. The summed E-state index contributed by atoms with van der Waals surface area (Å²) < 4.78 is 0. The number of rotatable bonds is 2. The second kappa shape index (κ2) is 6.21. The number of nitrogens with zero attached hydrogens (tertiary/aromatic N) is 1. The first-order valence-electron chi connectivity index (χ1n) is 5.32. The molecule has 2 N–H and O–H groups in total. The van der Waals surface area contributed by atoms with Gasteiger partial charge in [-0.3, -0.25) is 4.79 Å². The van der Waals surface area contributed by atoms with E-state index < -0.39 is 11.5 Å². The van der Waals surface area contributed by atoms with Gasteiger partial charge in [0, 0.05) is 5.69 Å². The van der Waals surface area contributed by atoms with E-state index in [2.05, 4.69) is 16.3 Å². The molecule has 6 heteroatoms. The molecule has 0 aliphatic carbocycles. The molecule has 1 aromatic heterocycles.